The smallest absolute Gasteiger partial charge is 0.341 e. The average molecular weight is 552 g/mol. The SMILES string of the molecule is COc1cc(/C=C2\C(=O)NC(=S)N(c3ccc(C)cc3)C2=O)cc(I)c1OCC(=O)O. The van der Waals surface area contributed by atoms with E-state index < -0.39 is 24.4 Å². The van der Waals surface area contributed by atoms with Gasteiger partial charge in [-0.3, -0.25) is 19.8 Å². The maximum atomic E-state index is 13.1. The first-order valence-electron chi connectivity index (χ1n) is 8.91. The topological polar surface area (TPSA) is 105 Å². The summed E-state index contributed by atoms with van der Waals surface area (Å²) in [6, 6.07) is 10.4. The number of hydrogen-bond donors (Lipinski definition) is 2. The number of carbonyl (C=O) groups is 3. The second kappa shape index (κ2) is 9.43. The molecule has 8 nitrogen and oxygen atoms in total. The summed E-state index contributed by atoms with van der Waals surface area (Å²) in [6.07, 6.45) is 1.42. The summed E-state index contributed by atoms with van der Waals surface area (Å²) in [5.41, 5.74) is 1.95. The van der Waals surface area contributed by atoms with E-state index >= 15 is 0 Å². The molecule has 160 valence electrons. The van der Waals surface area contributed by atoms with Gasteiger partial charge in [0.05, 0.1) is 16.4 Å². The molecule has 31 heavy (non-hydrogen) atoms. The fourth-order valence-electron chi connectivity index (χ4n) is 2.85. The molecule has 2 aromatic carbocycles. The number of aliphatic carboxylic acids is 1. The Balaban J connectivity index is 1.99. The van der Waals surface area contributed by atoms with E-state index in [1.54, 1.807) is 24.3 Å². The van der Waals surface area contributed by atoms with E-state index in [1.165, 1.54) is 18.1 Å². The van der Waals surface area contributed by atoms with Crippen molar-refractivity contribution in [2.45, 2.75) is 6.92 Å². The molecule has 1 saturated heterocycles. The predicted molar refractivity (Wildman–Crippen MR) is 126 cm³/mol. The fourth-order valence-corrected chi connectivity index (χ4v) is 3.91. The van der Waals surface area contributed by atoms with E-state index in [2.05, 4.69) is 5.32 Å². The zero-order valence-corrected chi connectivity index (χ0v) is 19.4. The lowest BCUT2D eigenvalue weighted by molar-refractivity contribution is -0.139. The monoisotopic (exact) mass is 552 g/mol. The van der Waals surface area contributed by atoms with Crippen LogP contribution in [-0.4, -0.2) is 41.7 Å². The summed E-state index contributed by atoms with van der Waals surface area (Å²) in [4.78, 5) is 37.7. The Morgan fingerprint density at radius 3 is 2.55 bits per heavy atom. The highest BCUT2D eigenvalue weighted by Crippen LogP contribution is 2.35. The lowest BCUT2D eigenvalue weighted by Gasteiger charge is -2.29. The van der Waals surface area contributed by atoms with Gasteiger partial charge in [-0.05, 0) is 77.6 Å². The molecule has 0 aliphatic carbocycles. The first-order chi connectivity index (χ1) is 14.7. The largest absolute Gasteiger partial charge is 0.493 e. The number of amides is 2. The van der Waals surface area contributed by atoms with Crippen molar-refractivity contribution in [3.8, 4) is 11.5 Å². The molecule has 1 fully saturated rings. The van der Waals surface area contributed by atoms with Crippen LogP contribution in [0.25, 0.3) is 6.08 Å². The van der Waals surface area contributed by atoms with Crippen LogP contribution in [0.5, 0.6) is 11.5 Å². The van der Waals surface area contributed by atoms with Gasteiger partial charge in [0.25, 0.3) is 11.8 Å². The number of nitrogens with zero attached hydrogens (tertiary/aromatic N) is 1. The van der Waals surface area contributed by atoms with Gasteiger partial charge < -0.3 is 14.6 Å². The Morgan fingerprint density at radius 2 is 1.94 bits per heavy atom. The number of thiocarbonyl (C=S) groups is 1. The van der Waals surface area contributed by atoms with E-state index in [9.17, 15) is 14.4 Å². The molecule has 0 radical (unpaired) electrons. The molecule has 2 N–H and O–H groups in total. The highest BCUT2D eigenvalue weighted by atomic mass is 127. The molecule has 1 heterocycles. The number of ether oxygens (including phenoxy) is 2. The van der Waals surface area contributed by atoms with E-state index in [-0.39, 0.29) is 22.2 Å². The number of carbonyl (C=O) groups excluding carboxylic acids is 2. The Kier molecular flexibility index (Phi) is 6.91. The highest BCUT2D eigenvalue weighted by Gasteiger charge is 2.34. The minimum absolute atomic E-state index is 0.000540. The average Bonchev–Trinajstić information content (AvgIpc) is 2.71. The third-order valence-electron chi connectivity index (χ3n) is 4.30. The van der Waals surface area contributed by atoms with E-state index in [4.69, 9.17) is 26.8 Å². The van der Waals surface area contributed by atoms with Crippen molar-refractivity contribution >= 4 is 69.5 Å². The number of aryl methyl sites for hydroxylation is 1. The fraction of sp³-hybridized carbons (Fsp3) is 0.143. The number of halogens is 1. The molecule has 10 heteroatoms. The molecule has 1 aliphatic rings. The van der Waals surface area contributed by atoms with Gasteiger partial charge in [-0.1, -0.05) is 17.7 Å². The number of benzene rings is 2. The van der Waals surface area contributed by atoms with Crippen LogP contribution in [-0.2, 0) is 14.4 Å². The molecule has 0 spiro atoms. The minimum Gasteiger partial charge on any atom is -0.493 e. The predicted octanol–water partition coefficient (Wildman–Crippen LogP) is 2.90. The molecule has 2 amide bonds. The van der Waals surface area contributed by atoms with Gasteiger partial charge >= 0.3 is 5.97 Å². The Labute approximate surface area is 197 Å². The molecule has 0 bridgehead atoms. The van der Waals surface area contributed by atoms with E-state index in [0.717, 1.165) is 5.56 Å². The summed E-state index contributed by atoms with van der Waals surface area (Å²) >= 11 is 7.16. The molecule has 0 unspecified atom stereocenters. The highest BCUT2D eigenvalue weighted by molar-refractivity contribution is 14.1. The third-order valence-corrected chi connectivity index (χ3v) is 5.38. The van der Waals surface area contributed by atoms with Crippen LogP contribution in [0.3, 0.4) is 0 Å². The molecule has 1 aliphatic heterocycles. The van der Waals surface area contributed by atoms with Crippen molar-refractivity contribution in [1.29, 1.82) is 0 Å². The molecule has 3 rings (SSSR count). The third kappa shape index (κ3) is 5.02. The lowest BCUT2D eigenvalue weighted by Crippen LogP contribution is -2.54. The van der Waals surface area contributed by atoms with Gasteiger partial charge in [-0.2, -0.15) is 0 Å². The van der Waals surface area contributed by atoms with Crippen LogP contribution in [0, 0.1) is 10.5 Å². The van der Waals surface area contributed by atoms with Gasteiger partial charge in [0.15, 0.2) is 23.2 Å². The summed E-state index contributed by atoms with van der Waals surface area (Å²) < 4.78 is 11.1. The molecule has 0 aromatic heterocycles. The Hall–Kier alpha value is -2.99. The summed E-state index contributed by atoms with van der Waals surface area (Å²) in [5.74, 6) is -1.76. The van der Waals surface area contributed by atoms with Gasteiger partial charge in [0, 0.05) is 0 Å². The number of rotatable bonds is 6. The Morgan fingerprint density at radius 1 is 1.26 bits per heavy atom. The number of carboxylic acid groups (broad SMARTS) is 1. The van der Waals surface area contributed by atoms with Crippen molar-refractivity contribution < 1.29 is 29.0 Å². The molecule has 0 atom stereocenters. The van der Waals surface area contributed by atoms with Crippen molar-refractivity contribution in [2.75, 3.05) is 18.6 Å². The number of carboxylic acids is 1. The van der Waals surface area contributed by atoms with E-state index in [0.29, 0.717) is 14.8 Å². The second-order valence-corrected chi connectivity index (χ2v) is 8.06. The maximum absolute atomic E-state index is 13.1. The van der Waals surface area contributed by atoms with Crippen LogP contribution in [0.4, 0.5) is 5.69 Å². The first kappa shape index (κ1) is 22.7. The quantitative estimate of drug-likeness (QED) is 0.246. The normalized spacial score (nSPS) is 15.1. The van der Waals surface area contributed by atoms with Crippen LogP contribution in [0.15, 0.2) is 42.0 Å². The molecule has 0 saturated carbocycles. The minimum atomic E-state index is -1.12. The van der Waals surface area contributed by atoms with Crippen LogP contribution in [0.2, 0.25) is 0 Å². The van der Waals surface area contributed by atoms with Crippen molar-refractivity contribution in [2.24, 2.45) is 0 Å². The summed E-state index contributed by atoms with van der Waals surface area (Å²) in [7, 11) is 1.41. The zero-order chi connectivity index (χ0) is 22.7. The Bertz CT molecular complexity index is 1110. The lowest BCUT2D eigenvalue weighted by atomic mass is 10.1. The van der Waals surface area contributed by atoms with Crippen LogP contribution in [0.1, 0.15) is 11.1 Å². The van der Waals surface area contributed by atoms with Gasteiger partial charge in [-0.15, -0.1) is 0 Å². The van der Waals surface area contributed by atoms with Gasteiger partial charge in [0.2, 0.25) is 0 Å². The summed E-state index contributed by atoms with van der Waals surface area (Å²) in [6.45, 7) is 1.39. The van der Waals surface area contributed by atoms with E-state index in [1.807, 2.05) is 41.6 Å². The van der Waals surface area contributed by atoms with Crippen molar-refractivity contribution in [3.63, 3.8) is 0 Å². The standard InChI is InChI=1S/C21H17IN2O6S/c1-11-3-5-13(6-4-11)24-20(28)14(19(27)23-21(24)31)7-12-8-15(22)18(16(9-12)29-2)30-10-17(25)26/h3-9H,10H2,1-2H3,(H,25,26)(H,23,27,31)/b14-7+. The zero-order valence-electron chi connectivity index (χ0n) is 16.5. The summed E-state index contributed by atoms with van der Waals surface area (Å²) in [5, 5.41) is 11.4. The van der Waals surface area contributed by atoms with Crippen molar-refractivity contribution in [1.82, 2.24) is 5.32 Å². The number of methoxy groups -OCH3 is 1. The van der Waals surface area contributed by atoms with Crippen LogP contribution >= 0.6 is 34.8 Å². The second-order valence-electron chi connectivity index (χ2n) is 6.51. The van der Waals surface area contributed by atoms with Gasteiger partial charge in [-0.25, -0.2) is 4.79 Å². The molecular weight excluding hydrogens is 535 g/mol. The van der Waals surface area contributed by atoms with Crippen LogP contribution < -0.4 is 19.7 Å². The van der Waals surface area contributed by atoms with Gasteiger partial charge in [0.1, 0.15) is 5.57 Å². The number of hydrogen-bond acceptors (Lipinski definition) is 6. The molecule has 2 aromatic rings. The maximum Gasteiger partial charge on any atom is 0.341 e. The number of nitrogens with one attached hydrogen (secondary N) is 1. The van der Waals surface area contributed by atoms with Crippen molar-refractivity contribution in [3.05, 3.63) is 56.7 Å². The number of anilines is 1. The molecular formula is C21H17IN2O6S. The first-order valence-corrected chi connectivity index (χ1v) is 10.4.